The van der Waals surface area contributed by atoms with Crippen molar-refractivity contribution < 1.29 is 31.1 Å². The van der Waals surface area contributed by atoms with Crippen molar-refractivity contribution >= 4 is 23.1 Å². The lowest BCUT2D eigenvalue weighted by Gasteiger charge is -2.14. The van der Waals surface area contributed by atoms with Gasteiger partial charge in [-0.1, -0.05) is 11.6 Å². The van der Waals surface area contributed by atoms with Crippen LogP contribution in [0.4, 0.5) is 32.0 Å². The average Bonchev–Trinajstić information content (AvgIpc) is 2.53. The van der Waals surface area contributed by atoms with Crippen LogP contribution in [0, 0.1) is 0 Å². The summed E-state index contributed by atoms with van der Waals surface area (Å²) in [5.41, 5.74) is -3.10. The molecule has 0 atom stereocenters. The van der Waals surface area contributed by atoms with E-state index in [0.717, 1.165) is 12.3 Å². The number of ketones is 1. The molecular weight excluding hydrogens is 384 g/mol. The summed E-state index contributed by atoms with van der Waals surface area (Å²) in [6.45, 7) is 0. The molecule has 2 nitrogen and oxygen atoms in total. The molecule has 0 bridgehead atoms. The number of carbonyl (C=O) groups excluding carboxylic acids is 1. The molecule has 0 amide bonds. The van der Waals surface area contributed by atoms with Gasteiger partial charge in [0.15, 0.2) is 5.78 Å². The van der Waals surface area contributed by atoms with Gasteiger partial charge in [-0.05, 0) is 42.5 Å². The Morgan fingerprint density at radius 1 is 0.885 bits per heavy atom. The first kappa shape index (κ1) is 19.8. The quantitative estimate of drug-likeness (QED) is 0.381. The molecule has 0 saturated heterocycles. The highest BCUT2D eigenvalue weighted by molar-refractivity contribution is 6.30. The first-order valence-corrected chi connectivity index (χ1v) is 7.37. The molecule has 2 rings (SSSR count). The Morgan fingerprint density at radius 3 is 1.85 bits per heavy atom. The number of allylic oxidation sites excluding steroid dienone is 1. The number of carbonyl (C=O) groups is 1. The van der Waals surface area contributed by atoms with E-state index >= 15 is 0 Å². The second kappa shape index (κ2) is 7.41. The van der Waals surface area contributed by atoms with Crippen LogP contribution in [0.15, 0.2) is 54.7 Å². The van der Waals surface area contributed by atoms with Crippen LogP contribution in [0.5, 0.6) is 0 Å². The monoisotopic (exact) mass is 393 g/mol. The van der Waals surface area contributed by atoms with Crippen LogP contribution >= 0.6 is 11.6 Å². The zero-order valence-corrected chi connectivity index (χ0v) is 13.5. The third kappa shape index (κ3) is 5.26. The van der Waals surface area contributed by atoms with Crippen molar-refractivity contribution in [2.45, 2.75) is 12.4 Å². The molecule has 138 valence electrons. The van der Waals surface area contributed by atoms with Crippen molar-refractivity contribution in [3.63, 3.8) is 0 Å². The summed E-state index contributed by atoms with van der Waals surface area (Å²) >= 11 is 5.68. The molecule has 2 aromatic rings. The molecule has 26 heavy (non-hydrogen) atoms. The van der Waals surface area contributed by atoms with Gasteiger partial charge in [0.1, 0.15) is 0 Å². The minimum atomic E-state index is -4.94. The van der Waals surface area contributed by atoms with E-state index in [1.807, 2.05) is 0 Å². The molecule has 0 aliphatic rings. The van der Waals surface area contributed by atoms with Crippen LogP contribution in [0.25, 0.3) is 0 Å². The number of halogens is 7. The maximum Gasteiger partial charge on any atom is 0.416 e. The van der Waals surface area contributed by atoms with Gasteiger partial charge in [-0.25, -0.2) is 0 Å². The first-order valence-electron chi connectivity index (χ1n) is 6.99. The fraction of sp³-hybridized carbons (Fsp3) is 0.118. The fourth-order valence-corrected chi connectivity index (χ4v) is 2.09. The van der Waals surface area contributed by atoms with E-state index in [1.165, 1.54) is 24.3 Å². The number of benzene rings is 2. The van der Waals surface area contributed by atoms with Gasteiger partial charge in [0, 0.05) is 28.5 Å². The molecular formula is C17H10ClF6NO. The van der Waals surface area contributed by atoms with Crippen molar-refractivity contribution in [1.82, 2.24) is 0 Å². The minimum absolute atomic E-state index is 0.0216. The molecule has 0 spiro atoms. The number of nitrogens with one attached hydrogen (secondary N) is 1. The molecule has 0 unspecified atom stereocenters. The van der Waals surface area contributed by atoms with Crippen molar-refractivity contribution in [3.8, 4) is 0 Å². The molecule has 0 heterocycles. The van der Waals surface area contributed by atoms with Crippen LogP contribution in [-0.4, -0.2) is 5.78 Å². The topological polar surface area (TPSA) is 29.1 Å². The standard InChI is InChI=1S/C17H10ClF6NO/c18-13-3-1-10(2-4-13)15(26)5-6-25-14-8-11(16(19,20)21)7-12(9-14)17(22,23)24/h1-9,25H/b6-5-. The van der Waals surface area contributed by atoms with Crippen LogP contribution < -0.4 is 5.32 Å². The summed E-state index contributed by atoms with van der Waals surface area (Å²) in [7, 11) is 0. The highest BCUT2D eigenvalue weighted by atomic mass is 35.5. The predicted molar refractivity (Wildman–Crippen MR) is 85.0 cm³/mol. The number of hydrogen-bond acceptors (Lipinski definition) is 2. The van der Waals surface area contributed by atoms with E-state index in [-0.39, 0.29) is 11.6 Å². The van der Waals surface area contributed by atoms with E-state index in [1.54, 1.807) is 0 Å². The molecule has 9 heteroatoms. The largest absolute Gasteiger partial charge is 0.416 e. The Balaban J connectivity index is 2.23. The van der Waals surface area contributed by atoms with Crippen LogP contribution in [0.3, 0.4) is 0 Å². The van der Waals surface area contributed by atoms with Gasteiger partial charge in [0.05, 0.1) is 11.1 Å². The molecule has 0 saturated carbocycles. The summed E-state index contributed by atoms with van der Waals surface area (Å²) in [6.07, 6.45) is -7.94. The minimum Gasteiger partial charge on any atom is -0.362 e. The summed E-state index contributed by atoms with van der Waals surface area (Å²) in [4.78, 5) is 11.9. The van der Waals surface area contributed by atoms with Gasteiger partial charge in [-0.3, -0.25) is 4.79 Å². The molecule has 0 radical (unpaired) electrons. The maximum absolute atomic E-state index is 12.8. The first-order chi connectivity index (χ1) is 12.0. The highest BCUT2D eigenvalue weighted by Crippen LogP contribution is 2.37. The second-order valence-corrected chi connectivity index (χ2v) is 5.58. The second-order valence-electron chi connectivity index (χ2n) is 5.14. The lowest BCUT2D eigenvalue weighted by molar-refractivity contribution is -0.143. The normalized spacial score (nSPS) is 12.4. The van der Waals surface area contributed by atoms with Crippen LogP contribution in [0.2, 0.25) is 5.02 Å². The molecule has 0 aliphatic carbocycles. The zero-order chi connectivity index (χ0) is 19.5. The Hall–Kier alpha value is -2.48. The average molecular weight is 394 g/mol. The Kier molecular flexibility index (Phi) is 5.65. The van der Waals surface area contributed by atoms with E-state index in [0.29, 0.717) is 17.2 Å². The van der Waals surface area contributed by atoms with Crippen LogP contribution in [-0.2, 0) is 12.4 Å². The maximum atomic E-state index is 12.8. The molecule has 0 fully saturated rings. The van der Waals surface area contributed by atoms with Crippen LogP contribution in [0.1, 0.15) is 21.5 Å². The van der Waals surface area contributed by atoms with Gasteiger partial charge in [0.25, 0.3) is 0 Å². The molecule has 0 aliphatic heterocycles. The SMILES string of the molecule is O=C(/C=C\Nc1cc(C(F)(F)F)cc(C(F)(F)F)c1)c1ccc(Cl)cc1. The molecule has 2 aromatic carbocycles. The Morgan fingerprint density at radius 2 is 1.38 bits per heavy atom. The van der Waals surface area contributed by atoms with Gasteiger partial charge in [-0.2, -0.15) is 26.3 Å². The van der Waals surface area contributed by atoms with E-state index < -0.39 is 35.0 Å². The number of anilines is 1. The van der Waals surface area contributed by atoms with Crippen molar-refractivity contribution in [1.29, 1.82) is 0 Å². The summed E-state index contributed by atoms with van der Waals surface area (Å²) < 4.78 is 76.6. The molecule has 0 aromatic heterocycles. The number of alkyl halides is 6. The van der Waals surface area contributed by atoms with E-state index in [9.17, 15) is 31.1 Å². The highest BCUT2D eigenvalue weighted by Gasteiger charge is 2.36. The van der Waals surface area contributed by atoms with Gasteiger partial charge < -0.3 is 5.32 Å². The van der Waals surface area contributed by atoms with Gasteiger partial charge >= 0.3 is 12.4 Å². The number of hydrogen-bond donors (Lipinski definition) is 1. The Bertz CT molecular complexity index is 792. The smallest absolute Gasteiger partial charge is 0.362 e. The fourth-order valence-electron chi connectivity index (χ4n) is 1.96. The van der Waals surface area contributed by atoms with Gasteiger partial charge in [-0.15, -0.1) is 0 Å². The van der Waals surface area contributed by atoms with Crippen molar-refractivity contribution in [3.05, 3.63) is 76.5 Å². The van der Waals surface area contributed by atoms with Crippen molar-refractivity contribution in [2.75, 3.05) is 5.32 Å². The lowest BCUT2D eigenvalue weighted by Crippen LogP contribution is -2.11. The summed E-state index contributed by atoms with van der Waals surface area (Å²) in [5, 5.41) is 2.66. The Labute approximate surface area is 149 Å². The van der Waals surface area contributed by atoms with Crippen molar-refractivity contribution in [2.24, 2.45) is 0 Å². The third-order valence-electron chi connectivity index (χ3n) is 3.20. The predicted octanol–water partition coefficient (Wildman–Crippen LogP) is 6.19. The third-order valence-corrected chi connectivity index (χ3v) is 3.45. The van der Waals surface area contributed by atoms with E-state index in [4.69, 9.17) is 11.6 Å². The zero-order valence-electron chi connectivity index (χ0n) is 12.8. The number of rotatable bonds is 4. The van der Waals surface area contributed by atoms with E-state index in [2.05, 4.69) is 5.32 Å². The summed E-state index contributed by atoms with van der Waals surface area (Å²) in [5.74, 6) is -0.503. The van der Waals surface area contributed by atoms with Gasteiger partial charge in [0.2, 0.25) is 0 Å². The summed E-state index contributed by atoms with van der Waals surface area (Å²) in [6, 6.07) is 6.87. The molecule has 1 N–H and O–H groups in total. The lowest BCUT2D eigenvalue weighted by atomic mass is 10.1.